The zero-order chi connectivity index (χ0) is 19.2. The largest absolute Gasteiger partial charge is 0.369 e. The van der Waals surface area contributed by atoms with Gasteiger partial charge in [-0.25, -0.2) is 10.4 Å². The fraction of sp³-hybridized carbons (Fsp3) is 0.133. The summed E-state index contributed by atoms with van der Waals surface area (Å²) in [5, 5.41) is 12.9. The molecule has 2 aromatic heterocycles. The number of imidazole rings is 1. The number of aromatic nitrogens is 2. The second kappa shape index (κ2) is 6.51. The van der Waals surface area contributed by atoms with E-state index in [0.717, 1.165) is 17.5 Å². The van der Waals surface area contributed by atoms with Gasteiger partial charge < -0.3 is 5.73 Å². The van der Waals surface area contributed by atoms with E-state index in [1.165, 1.54) is 15.7 Å². The number of anilines is 1. The maximum Gasteiger partial charge on any atom is 0.281 e. The van der Waals surface area contributed by atoms with Crippen LogP contribution in [0.15, 0.2) is 39.9 Å². The van der Waals surface area contributed by atoms with E-state index in [4.69, 9.17) is 22.7 Å². The van der Waals surface area contributed by atoms with Crippen LogP contribution in [0.5, 0.6) is 0 Å². The van der Waals surface area contributed by atoms with E-state index < -0.39 is 10.0 Å². The van der Waals surface area contributed by atoms with Crippen molar-refractivity contribution in [3.05, 3.63) is 46.1 Å². The predicted octanol–water partition coefficient (Wildman–Crippen LogP) is 1.98. The summed E-state index contributed by atoms with van der Waals surface area (Å²) in [6, 6.07) is 5.25. The third-order valence-corrected chi connectivity index (χ3v) is 6.58. The van der Waals surface area contributed by atoms with Gasteiger partial charge >= 0.3 is 0 Å². The number of nitrogens with two attached hydrogens (primary N) is 1. The Morgan fingerprint density at radius 2 is 2.22 bits per heavy atom. The van der Waals surface area contributed by atoms with Gasteiger partial charge in [0.1, 0.15) is 0 Å². The molecule has 140 valence electrons. The Morgan fingerprint density at radius 3 is 3.00 bits per heavy atom. The van der Waals surface area contributed by atoms with Crippen LogP contribution in [0.4, 0.5) is 5.69 Å². The van der Waals surface area contributed by atoms with Crippen molar-refractivity contribution in [1.82, 2.24) is 14.8 Å². The smallest absolute Gasteiger partial charge is 0.281 e. The molecular weight excluding hydrogens is 410 g/mol. The van der Waals surface area contributed by atoms with Gasteiger partial charge in [0.25, 0.3) is 10.0 Å². The molecule has 0 atom stereocenters. The van der Waals surface area contributed by atoms with E-state index in [9.17, 15) is 8.42 Å². The standard InChI is InChI=1S/C15H14ClN7O2S2/c16-12-13(23-5-6-26-15(23)19-12)27(24,25)22-9-3-1-8-2-4-11(10(8)7-9)20-21-14(17)18/h1,3,5-7,22H,2,4H2,(H4,17,18,21)/b20-11-. The highest BCUT2D eigenvalue weighted by molar-refractivity contribution is 7.92. The van der Waals surface area contributed by atoms with Gasteiger partial charge in [0.15, 0.2) is 15.1 Å². The summed E-state index contributed by atoms with van der Waals surface area (Å²) < 4.78 is 29.7. The van der Waals surface area contributed by atoms with E-state index in [1.54, 1.807) is 23.7 Å². The van der Waals surface area contributed by atoms with Crippen LogP contribution in [0.2, 0.25) is 5.15 Å². The third-order valence-electron chi connectivity index (χ3n) is 4.05. The molecule has 1 aliphatic rings. The molecule has 0 fully saturated rings. The molecule has 4 rings (SSSR count). The van der Waals surface area contributed by atoms with Crippen molar-refractivity contribution in [3.63, 3.8) is 0 Å². The SMILES string of the molecule is N=C(N)N/N=C1/CCc2ccc(NS(=O)(=O)c3c(Cl)nc4sccn34)cc21. The molecule has 2 heterocycles. The average molecular weight is 424 g/mol. The zero-order valence-corrected chi connectivity index (χ0v) is 16.1. The molecule has 12 heteroatoms. The molecule has 1 aliphatic carbocycles. The first-order valence-electron chi connectivity index (χ1n) is 7.79. The van der Waals surface area contributed by atoms with Crippen molar-refractivity contribution in [1.29, 1.82) is 5.41 Å². The number of fused-ring (bicyclic) bond motifs is 2. The van der Waals surface area contributed by atoms with E-state index in [0.29, 0.717) is 22.8 Å². The molecule has 0 spiro atoms. The monoisotopic (exact) mass is 423 g/mol. The van der Waals surface area contributed by atoms with E-state index >= 15 is 0 Å². The Hall–Kier alpha value is -2.63. The zero-order valence-electron chi connectivity index (χ0n) is 13.7. The minimum Gasteiger partial charge on any atom is -0.369 e. The number of guanidine groups is 1. The lowest BCUT2D eigenvalue weighted by molar-refractivity contribution is 0.596. The molecule has 0 saturated carbocycles. The molecule has 0 amide bonds. The maximum atomic E-state index is 12.9. The van der Waals surface area contributed by atoms with Crippen LogP contribution in [-0.2, 0) is 16.4 Å². The van der Waals surface area contributed by atoms with Crippen LogP contribution in [0, 0.1) is 5.41 Å². The normalized spacial score (nSPS) is 15.2. The van der Waals surface area contributed by atoms with Crippen LogP contribution in [-0.4, -0.2) is 29.5 Å². The molecule has 27 heavy (non-hydrogen) atoms. The lowest BCUT2D eigenvalue weighted by Crippen LogP contribution is -2.26. The van der Waals surface area contributed by atoms with Gasteiger partial charge in [-0.3, -0.25) is 14.5 Å². The molecule has 1 aromatic carbocycles. The highest BCUT2D eigenvalue weighted by Gasteiger charge is 2.26. The van der Waals surface area contributed by atoms with Gasteiger partial charge in [-0.05, 0) is 30.5 Å². The number of hydrazone groups is 1. The van der Waals surface area contributed by atoms with Crippen LogP contribution >= 0.6 is 22.9 Å². The molecule has 0 saturated heterocycles. The van der Waals surface area contributed by atoms with E-state index in [2.05, 4.69) is 20.2 Å². The summed E-state index contributed by atoms with van der Waals surface area (Å²) in [4.78, 5) is 4.56. The number of halogens is 1. The minimum atomic E-state index is -3.94. The average Bonchev–Trinajstić information content (AvgIpc) is 3.26. The van der Waals surface area contributed by atoms with Gasteiger partial charge in [-0.1, -0.05) is 17.7 Å². The summed E-state index contributed by atoms with van der Waals surface area (Å²) in [6.45, 7) is 0. The Balaban J connectivity index is 1.68. The summed E-state index contributed by atoms with van der Waals surface area (Å²) in [6.07, 6.45) is 3.06. The summed E-state index contributed by atoms with van der Waals surface area (Å²) in [5.74, 6) is -0.261. The Kier molecular flexibility index (Phi) is 4.29. The molecule has 9 nitrogen and oxygen atoms in total. The van der Waals surface area contributed by atoms with Gasteiger partial charge in [-0.2, -0.15) is 13.5 Å². The lowest BCUT2D eigenvalue weighted by atomic mass is 10.1. The van der Waals surface area contributed by atoms with E-state index in [1.807, 2.05) is 6.07 Å². The van der Waals surface area contributed by atoms with Crippen molar-refractivity contribution >= 4 is 55.3 Å². The number of rotatable bonds is 4. The second-order valence-corrected chi connectivity index (χ2v) is 8.65. The molecule has 0 bridgehead atoms. The molecule has 5 N–H and O–H groups in total. The fourth-order valence-corrected chi connectivity index (χ4v) is 5.45. The molecule has 0 aliphatic heterocycles. The van der Waals surface area contributed by atoms with Crippen LogP contribution in [0.3, 0.4) is 0 Å². The van der Waals surface area contributed by atoms with Crippen molar-refractivity contribution in [3.8, 4) is 0 Å². The minimum absolute atomic E-state index is 0.0802. The van der Waals surface area contributed by atoms with Crippen molar-refractivity contribution in [2.45, 2.75) is 17.9 Å². The topological polar surface area (TPSA) is 138 Å². The lowest BCUT2D eigenvalue weighted by Gasteiger charge is -2.10. The first kappa shape index (κ1) is 17.8. The van der Waals surface area contributed by atoms with Gasteiger partial charge in [0.05, 0.1) is 5.71 Å². The maximum absolute atomic E-state index is 12.9. The predicted molar refractivity (Wildman–Crippen MR) is 105 cm³/mol. The Morgan fingerprint density at radius 1 is 1.41 bits per heavy atom. The number of hydrogen-bond acceptors (Lipinski definition) is 6. The number of hydrogen-bond donors (Lipinski definition) is 4. The van der Waals surface area contributed by atoms with Crippen molar-refractivity contribution in [2.24, 2.45) is 10.8 Å². The van der Waals surface area contributed by atoms with Crippen LogP contribution in [0.25, 0.3) is 4.96 Å². The fourth-order valence-electron chi connectivity index (χ4n) is 2.94. The molecular formula is C15H14ClN7O2S2. The molecule has 0 radical (unpaired) electrons. The summed E-state index contributed by atoms with van der Waals surface area (Å²) in [5.41, 5.74) is 10.6. The Labute approximate surface area is 163 Å². The highest BCUT2D eigenvalue weighted by atomic mass is 35.5. The van der Waals surface area contributed by atoms with Gasteiger partial charge in [0.2, 0.25) is 5.96 Å². The van der Waals surface area contributed by atoms with Gasteiger partial charge in [-0.15, -0.1) is 11.3 Å². The van der Waals surface area contributed by atoms with Crippen molar-refractivity contribution < 1.29 is 8.42 Å². The second-order valence-electron chi connectivity index (χ2n) is 5.82. The summed E-state index contributed by atoms with van der Waals surface area (Å²) in [7, 11) is -3.94. The molecule has 0 unspecified atom stereocenters. The molecule has 3 aromatic rings. The third kappa shape index (κ3) is 3.24. The number of nitrogens with one attached hydrogen (secondary N) is 3. The number of benzene rings is 1. The van der Waals surface area contributed by atoms with Crippen LogP contribution < -0.4 is 15.9 Å². The van der Waals surface area contributed by atoms with E-state index in [-0.39, 0.29) is 16.1 Å². The van der Waals surface area contributed by atoms with Gasteiger partial charge in [0, 0.05) is 22.8 Å². The number of nitrogens with zero attached hydrogens (tertiary/aromatic N) is 3. The summed E-state index contributed by atoms with van der Waals surface area (Å²) >= 11 is 7.34. The quantitative estimate of drug-likeness (QED) is 0.289. The number of sulfonamides is 1. The first-order valence-corrected chi connectivity index (χ1v) is 10.5. The van der Waals surface area contributed by atoms with Crippen molar-refractivity contribution in [2.75, 3.05) is 4.72 Å². The number of thiazole rings is 1. The Bertz CT molecular complexity index is 1200. The highest BCUT2D eigenvalue weighted by Crippen LogP contribution is 2.29. The number of aryl methyl sites for hydroxylation is 1. The van der Waals surface area contributed by atoms with Crippen LogP contribution in [0.1, 0.15) is 17.5 Å². The first-order chi connectivity index (χ1) is 12.8.